The molecule has 0 bridgehead atoms. The lowest BCUT2D eigenvalue weighted by Gasteiger charge is -2.11. The third-order valence-corrected chi connectivity index (χ3v) is 2.49. The van der Waals surface area contributed by atoms with Gasteiger partial charge in [-0.1, -0.05) is 6.07 Å². The number of nitrogens with one attached hydrogen (secondary N) is 1. The molecule has 0 spiro atoms. The van der Waals surface area contributed by atoms with Crippen molar-refractivity contribution in [2.24, 2.45) is 5.73 Å². The molecule has 5 heteroatoms. The number of ether oxygens (including phenoxy) is 1. The third kappa shape index (κ3) is 4.13. The summed E-state index contributed by atoms with van der Waals surface area (Å²) in [5.41, 5.74) is 5.73. The van der Waals surface area contributed by atoms with Crippen molar-refractivity contribution in [2.45, 2.75) is 19.6 Å². The summed E-state index contributed by atoms with van der Waals surface area (Å²) in [6, 6.07) is 4.22. The highest BCUT2D eigenvalue weighted by Crippen LogP contribution is 2.10. The molecule has 17 heavy (non-hydrogen) atoms. The number of carbonyl (C=O) groups is 1. The number of primary amides is 1. The van der Waals surface area contributed by atoms with E-state index in [1.54, 1.807) is 13.2 Å². The van der Waals surface area contributed by atoms with Gasteiger partial charge in [0.1, 0.15) is 5.82 Å². The number of rotatable bonds is 6. The van der Waals surface area contributed by atoms with Crippen LogP contribution < -0.4 is 11.1 Å². The molecule has 94 valence electrons. The first-order valence-electron chi connectivity index (χ1n) is 5.36. The summed E-state index contributed by atoms with van der Waals surface area (Å²) in [7, 11) is 1.62. The van der Waals surface area contributed by atoms with Crippen molar-refractivity contribution in [1.29, 1.82) is 0 Å². The second kappa shape index (κ2) is 6.32. The van der Waals surface area contributed by atoms with Gasteiger partial charge in [-0.05, 0) is 19.1 Å². The fraction of sp³-hybridized carbons (Fsp3) is 0.417. The molecule has 1 unspecified atom stereocenters. The average molecular weight is 240 g/mol. The summed E-state index contributed by atoms with van der Waals surface area (Å²) < 4.78 is 18.6. The maximum atomic E-state index is 13.5. The second-order valence-corrected chi connectivity index (χ2v) is 3.85. The van der Waals surface area contributed by atoms with Gasteiger partial charge in [-0.3, -0.25) is 4.79 Å². The first-order chi connectivity index (χ1) is 8.04. The number of hydrogen-bond donors (Lipinski definition) is 2. The maximum absolute atomic E-state index is 13.5. The number of halogens is 1. The molecule has 0 saturated heterocycles. The minimum absolute atomic E-state index is 0.0722. The normalized spacial score (nSPS) is 12.4. The molecule has 0 radical (unpaired) electrons. The van der Waals surface area contributed by atoms with Crippen LogP contribution in [0.4, 0.5) is 4.39 Å². The van der Waals surface area contributed by atoms with Crippen LogP contribution in [0.15, 0.2) is 18.2 Å². The van der Waals surface area contributed by atoms with Crippen LogP contribution in [-0.4, -0.2) is 25.7 Å². The number of benzene rings is 1. The van der Waals surface area contributed by atoms with E-state index in [0.29, 0.717) is 18.7 Å². The largest absolute Gasteiger partial charge is 0.380 e. The van der Waals surface area contributed by atoms with Crippen molar-refractivity contribution in [2.75, 3.05) is 13.7 Å². The highest BCUT2D eigenvalue weighted by Gasteiger charge is 2.07. The first kappa shape index (κ1) is 13.6. The molecule has 4 nitrogen and oxygen atoms in total. The van der Waals surface area contributed by atoms with Crippen molar-refractivity contribution in [3.63, 3.8) is 0 Å². The lowest BCUT2D eigenvalue weighted by Crippen LogP contribution is -2.26. The monoisotopic (exact) mass is 240 g/mol. The molecule has 0 fully saturated rings. The Labute approximate surface area is 100.0 Å². The Morgan fingerprint density at radius 1 is 1.59 bits per heavy atom. The Morgan fingerprint density at radius 3 is 2.82 bits per heavy atom. The van der Waals surface area contributed by atoms with Crippen LogP contribution in [0, 0.1) is 5.82 Å². The van der Waals surface area contributed by atoms with Gasteiger partial charge in [0, 0.05) is 31.3 Å². The summed E-state index contributed by atoms with van der Waals surface area (Å²) in [5, 5.41) is 3.06. The predicted molar refractivity (Wildman–Crippen MR) is 63.1 cm³/mol. The van der Waals surface area contributed by atoms with Crippen molar-refractivity contribution in [3.05, 3.63) is 35.1 Å². The Bertz CT molecular complexity index is 396. The van der Waals surface area contributed by atoms with Crippen molar-refractivity contribution < 1.29 is 13.9 Å². The zero-order valence-electron chi connectivity index (χ0n) is 10.00. The average Bonchev–Trinajstić information content (AvgIpc) is 2.30. The van der Waals surface area contributed by atoms with Gasteiger partial charge in [0.15, 0.2) is 0 Å². The summed E-state index contributed by atoms with van der Waals surface area (Å²) in [5.74, 6) is -1.06. The summed E-state index contributed by atoms with van der Waals surface area (Å²) in [6.45, 7) is 2.94. The van der Waals surface area contributed by atoms with Crippen molar-refractivity contribution >= 4 is 5.91 Å². The van der Waals surface area contributed by atoms with Crippen LogP contribution in [0.1, 0.15) is 22.8 Å². The first-order valence-corrected chi connectivity index (χ1v) is 5.36. The van der Waals surface area contributed by atoms with Crippen LogP contribution >= 0.6 is 0 Å². The zero-order chi connectivity index (χ0) is 12.8. The van der Waals surface area contributed by atoms with E-state index in [4.69, 9.17) is 10.5 Å². The highest BCUT2D eigenvalue weighted by molar-refractivity contribution is 5.92. The lowest BCUT2D eigenvalue weighted by atomic mass is 10.1. The smallest absolute Gasteiger partial charge is 0.248 e. The molecule has 0 aliphatic carbocycles. The predicted octanol–water partition coefficient (Wildman–Crippen LogP) is 1.05. The third-order valence-electron chi connectivity index (χ3n) is 2.49. The topological polar surface area (TPSA) is 64.3 Å². The standard InChI is InChI=1S/C12H17FN2O2/c1-8(17-2)6-15-7-10-4-3-9(12(14)16)5-11(10)13/h3-5,8,15H,6-7H2,1-2H3,(H2,14,16). The van der Waals surface area contributed by atoms with E-state index in [2.05, 4.69) is 5.32 Å². The molecular formula is C12H17FN2O2. The van der Waals surface area contributed by atoms with E-state index in [1.807, 2.05) is 6.92 Å². The van der Waals surface area contributed by atoms with Crippen LogP contribution in [0.2, 0.25) is 0 Å². The zero-order valence-corrected chi connectivity index (χ0v) is 10.00. The van der Waals surface area contributed by atoms with E-state index in [0.717, 1.165) is 6.07 Å². The van der Waals surface area contributed by atoms with Gasteiger partial charge in [-0.25, -0.2) is 4.39 Å². The molecule has 3 N–H and O–H groups in total. The van der Waals surface area contributed by atoms with Crippen molar-refractivity contribution in [1.82, 2.24) is 5.32 Å². The van der Waals surface area contributed by atoms with Crippen LogP contribution in [0.25, 0.3) is 0 Å². The van der Waals surface area contributed by atoms with Gasteiger partial charge in [0.05, 0.1) is 6.10 Å². The van der Waals surface area contributed by atoms with Gasteiger partial charge >= 0.3 is 0 Å². The van der Waals surface area contributed by atoms with Gasteiger partial charge in [0.2, 0.25) is 5.91 Å². The molecule has 0 aliphatic heterocycles. The number of carbonyl (C=O) groups excluding carboxylic acids is 1. The molecule has 0 aromatic heterocycles. The van der Waals surface area contributed by atoms with E-state index >= 15 is 0 Å². The molecule has 0 heterocycles. The molecule has 1 rings (SSSR count). The minimum Gasteiger partial charge on any atom is -0.380 e. The summed E-state index contributed by atoms with van der Waals surface area (Å²) in [4.78, 5) is 10.8. The molecule has 1 aromatic carbocycles. The van der Waals surface area contributed by atoms with Gasteiger partial charge < -0.3 is 15.8 Å². The molecule has 1 amide bonds. The second-order valence-electron chi connectivity index (χ2n) is 3.85. The summed E-state index contributed by atoms with van der Waals surface area (Å²) >= 11 is 0. The molecular weight excluding hydrogens is 223 g/mol. The van der Waals surface area contributed by atoms with E-state index < -0.39 is 11.7 Å². The van der Waals surface area contributed by atoms with Gasteiger partial charge in [-0.15, -0.1) is 0 Å². The van der Waals surface area contributed by atoms with Gasteiger partial charge in [-0.2, -0.15) is 0 Å². The highest BCUT2D eigenvalue weighted by atomic mass is 19.1. The Hall–Kier alpha value is -1.46. The number of hydrogen-bond acceptors (Lipinski definition) is 3. The van der Waals surface area contributed by atoms with E-state index in [9.17, 15) is 9.18 Å². The van der Waals surface area contributed by atoms with Crippen molar-refractivity contribution in [3.8, 4) is 0 Å². The number of amides is 1. The Kier molecular flexibility index (Phi) is 5.06. The molecule has 0 aliphatic rings. The minimum atomic E-state index is -0.628. The van der Waals surface area contributed by atoms with E-state index in [1.165, 1.54) is 6.07 Å². The van der Waals surface area contributed by atoms with Gasteiger partial charge in [0.25, 0.3) is 0 Å². The van der Waals surface area contributed by atoms with E-state index in [-0.39, 0.29) is 11.7 Å². The molecule has 1 atom stereocenters. The maximum Gasteiger partial charge on any atom is 0.248 e. The SMILES string of the molecule is COC(C)CNCc1ccc(C(N)=O)cc1F. The van der Waals surface area contributed by atoms with Crippen LogP contribution in [0.3, 0.4) is 0 Å². The number of nitrogens with two attached hydrogens (primary N) is 1. The Morgan fingerprint density at radius 2 is 2.29 bits per heavy atom. The fourth-order valence-electron chi connectivity index (χ4n) is 1.34. The molecule has 1 aromatic rings. The lowest BCUT2D eigenvalue weighted by molar-refractivity contribution is 0.1000. The van der Waals surface area contributed by atoms with Crippen LogP contribution in [-0.2, 0) is 11.3 Å². The quantitative estimate of drug-likeness (QED) is 0.781. The molecule has 0 saturated carbocycles. The fourth-order valence-corrected chi connectivity index (χ4v) is 1.34. The van der Waals surface area contributed by atoms with Crippen LogP contribution in [0.5, 0.6) is 0 Å². The summed E-state index contributed by atoms with van der Waals surface area (Å²) in [6.07, 6.45) is 0.0722. The Balaban J connectivity index is 2.57. The number of methoxy groups -OCH3 is 1.